The van der Waals surface area contributed by atoms with E-state index in [0.29, 0.717) is 0 Å². The van der Waals surface area contributed by atoms with Crippen LogP contribution < -0.4 is 0 Å². The summed E-state index contributed by atoms with van der Waals surface area (Å²) in [5.74, 6) is 1.27. The number of nitrogens with one attached hydrogen (secondary N) is 1. The van der Waals surface area contributed by atoms with E-state index in [1.165, 1.54) is 101 Å². The maximum atomic E-state index is 3.11. The molecule has 0 saturated heterocycles. The van der Waals surface area contributed by atoms with Gasteiger partial charge >= 0.3 is 0 Å². The van der Waals surface area contributed by atoms with Crippen molar-refractivity contribution in [2.45, 2.75) is 102 Å². The van der Waals surface area contributed by atoms with E-state index in [1.807, 2.05) is 18.0 Å². The normalized spacial score (nSPS) is 11.1. The fraction of sp³-hybridized carbons (Fsp3) is 0.800. The summed E-state index contributed by atoms with van der Waals surface area (Å²) >= 11 is 1.98. The zero-order valence-corrected chi connectivity index (χ0v) is 15.6. The highest BCUT2D eigenvalue weighted by molar-refractivity contribution is 7.99. The Hall–Kier alpha value is -0.370. The van der Waals surface area contributed by atoms with Gasteiger partial charge < -0.3 is 4.98 Å². The van der Waals surface area contributed by atoms with Crippen molar-refractivity contribution in [2.24, 2.45) is 0 Å². The van der Waals surface area contributed by atoms with Gasteiger partial charge in [-0.15, -0.1) is 11.8 Å². The molecular weight excluding hydrogens is 286 g/mol. The molecule has 0 aliphatic carbocycles. The molecule has 0 aliphatic rings. The Morgan fingerprint density at radius 3 is 1.68 bits per heavy atom. The summed E-state index contributed by atoms with van der Waals surface area (Å²) in [6.07, 6.45) is 24.3. The lowest BCUT2D eigenvalue weighted by Gasteiger charge is -2.03. The third-order valence-electron chi connectivity index (χ3n) is 4.34. The second-order valence-corrected chi connectivity index (χ2v) is 7.66. The molecule has 0 bridgehead atoms. The molecule has 0 amide bonds. The van der Waals surface area contributed by atoms with Crippen molar-refractivity contribution >= 4 is 11.8 Å². The van der Waals surface area contributed by atoms with Crippen LogP contribution in [0, 0.1) is 0 Å². The summed E-state index contributed by atoms with van der Waals surface area (Å²) in [4.78, 5) is 4.50. The van der Waals surface area contributed by atoms with Crippen molar-refractivity contribution < 1.29 is 0 Å². The van der Waals surface area contributed by atoms with E-state index in [2.05, 4.69) is 24.2 Å². The fourth-order valence-electron chi connectivity index (χ4n) is 2.89. The smallest absolute Gasteiger partial charge is 0.0246 e. The number of H-pyrrole nitrogens is 1. The molecule has 22 heavy (non-hydrogen) atoms. The number of rotatable bonds is 16. The second kappa shape index (κ2) is 15.5. The molecule has 0 aromatic carbocycles. The molecule has 0 fully saturated rings. The number of thioether (sulfide) groups is 1. The SMILES string of the molecule is CCCCCCCCCCCCCCCCSc1cc[nH]c1. The van der Waals surface area contributed by atoms with Crippen LogP contribution in [0.4, 0.5) is 0 Å². The van der Waals surface area contributed by atoms with Crippen LogP contribution in [-0.2, 0) is 0 Å². The van der Waals surface area contributed by atoms with Crippen molar-refractivity contribution in [1.29, 1.82) is 0 Å². The average molecular weight is 324 g/mol. The van der Waals surface area contributed by atoms with Gasteiger partial charge in [0, 0.05) is 17.3 Å². The Morgan fingerprint density at radius 1 is 0.727 bits per heavy atom. The minimum absolute atomic E-state index is 1.27. The first-order valence-corrected chi connectivity index (χ1v) is 10.7. The molecule has 1 aromatic rings. The van der Waals surface area contributed by atoms with Crippen molar-refractivity contribution in [2.75, 3.05) is 5.75 Å². The molecule has 1 heterocycles. The fourth-order valence-corrected chi connectivity index (χ4v) is 3.78. The van der Waals surface area contributed by atoms with E-state index in [1.54, 1.807) is 0 Å². The lowest BCUT2D eigenvalue weighted by molar-refractivity contribution is 0.538. The minimum atomic E-state index is 1.27. The lowest BCUT2D eigenvalue weighted by Crippen LogP contribution is -1.84. The Morgan fingerprint density at radius 2 is 1.23 bits per heavy atom. The van der Waals surface area contributed by atoms with Gasteiger partial charge in [-0.3, -0.25) is 0 Å². The van der Waals surface area contributed by atoms with Gasteiger partial charge in [-0.25, -0.2) is 0 Å². The summed E-state index contributed by atoms with van der Waals surface area (Å²) in [6.45, 7) is 2.29. The third-order valence-corrected chi connectivity index (χ3v) is 5.42. The molecule has 0 spiro atoms. The molecule has 1 aromatic heterocycles. The van der Waals surface area contributed by atoms with Gasteiger partial charge in [-0.05, 0) is 18.2 Å². The first-order chi connectivity index (χ1) is 10.9. The molecule has 1 rings (SSSR count). The molecule has 0 aliphatic heterocycles. The van der Waals surface area contributed by atoms with Crippen LogP contribution in [0.3, 0.4) is 0 Å². The van der Waals surface area contributed by atoms with Crippen molar-refractivity contribution in [3.63, 3.8) is 0 Å². The Labute approximate surface area is 143 Å². The minimum Gasteiger partial charge on any atom is -0.367 e. The Bertz CT molecular complexity index is 308. The second-order valence-electron chi connectivity index (χ2n) is 6.49. The van der Waals surface area contributed by atoms with Gasteiger partial charge in [0.25, 0.3) is 0 Å². The quantitative estimate of drug-likeness (QED) is 0.245. The molecule has 0 atom stereocenters. The number of aromatic nitrogens is 1. The van der Waals surface area contributed by atoms with E-state index in [4.69, 9.17) is 0 Å². The molecule has 0 unspecified atom stereocenters. The number of unbranched alkanes of at least 4 members (excludes halogenated alkanes) is 13. The largest absolute Gasteiger partial charge is 0.367 e. The number of hydrogen-bond donors (Lipinski definition) is 1. The van der Waals surface area contributed by atoms with E-state index < -0.39 is 0 Å². The molecule has 1 nitrogen and oxygen atoms in total. The zero-order chi connectivity index (χ0) is 15.7. The van der Waals surface area contributed by atoms with Gasteiger partial charge in [0.15, 0.2) is 0 Å². The van der Waals surface area contributed by atoms with Crippen LogP contribution in [0.2, 0.25) is 0 Å². The van der Waals surface area contributed by atoms with Crippen molar-refractivity contribution in [3.05, 3.63) is 18.5 Å². The van der Waals surface area contributed by atoms with Crippen LogP contribution in [0.25, 0.3) is 0 Å². The summed E-state index contributed by atoms with van der Waals surface area (Å²) in [6, 6.07) is 2.16. The highest BCUT2D eigenvalue weighted by Gasteiger charge is 1.96. The van der Waals surface area contributed by atoms with Crippen molar-refractivity contribution in [1.82, 2.24) is 4.98 Å². The lowest BCUT2D eigenvalue weighted by atomic mass is 10.0. The van der Waals surface area contributed by atoms with Crippen LogP contribution in [-0.4, -0.2) is 10.7 Å². The first kappa shape index (κ1) is 19.7. The van der Waals surface area contributed by atoms with Crippen LogP contribution in [0.5, 0.6) is 0 Å². The molecule has 128 valence electrons. The van der Waals surface area contributed by atoms with E-state index >= 15 is 0 Å². The van der Waals surface area contributed by atoms with E-state index in [0.717, 1.165) is 0 Å². The Balaban J connectivity index is 1.68. The Kier molecular flexibility index (Phi) is 13.9. The molecule has 2 heteroatoms. The van der Waals surface area contributed by atoms with Gasteiger partial charge in [0.1, 0.15) is 0 Å². The molecule has 0 saturated carbocycles. The molecular formula is C20H37NS. The third kappa shape index (κ3) is 12.2. The topological polar surface area (TPSA) is 15.8 Å². The predicted molar refractivity (Wildman–Crippen MR) is 102 cm³/mol. The standard InChI is InChI=1S/C20H37NS/c1-2-3-4-5-6-7-8-9-10-11-12-13-14-15-18-22-20-16-17-21-19-20/h16-17,19,21H,2-15,18H2,1H3. The van der Waals surface area contributed by atoms with Gasteiger partial charge in [-0.1, -0.05) is 90.4 Å². The summed E-state index contributed by atoms with van der Waals surface area (Å²) in [5.41, 5.74) is 0. The van der Waals surface area contributed by atoms with Gasteiger partial charge in [-0.2, -0.15) is 0 Å². The summed E-state index contributed by atoms with van der Waals surface area (Å²) in [7, 11) is 0. The maximum Gasteiger partial charge on any atom is 0.0246 e. The van der Waals surface area contributed by atoms with E-state index in [9.17, 15) is 0 Å². The molecule has 0 radical (unpaired) electrons. The summed E-state index contributed by atoms with van der Waals surface area (Å²) < 4.78 is 0. The number of aromatic amines is 1. The van der Waals surface area contributed by atoms with Gasteiger partial charge in [0.2, 0.25) is 0 Å². The van der Waals surface area contributed by atoms with Crippen LogP contribution >= 0.6 is 11.8 Å². The highest BCUT2D eigenvalue weighted by atomic mass is 32.2. The van der Waals surface area contributed by atoms with Gasteiger partial charge in [0.05, 0.1) is 0 Å². The zero-order valence-electron chi connectivity index (χ0n) is 14.7. The average Bonchev–Trinajstić information content (AvgIpc) is 3.04. The van der Waals surface area contributed by atoms with Crippen LogP contribution in [0.1, 0.15) is 96.8 Å². The molecule has 1 N–H and O–H groups in total. The summed E-state index contributed by atoms with van der Waals surface area (Å²) in [5, 5.41) is 0. The maximum absolute atomic E-state index is 3.11. The van der Waals surface area contributed by atoms with Crippen LogP contribution in [0.15, 0.2) is 23.4 Å². The van der Waals surface area contributed by atoms with E-state index in [-0.39, 0.29) is 0 Å². The van der Waals surface area contributed by atoms with Crippen molar-refractivity contribution in [3.8, 4) is 0 Å². The predicted octanol–water partition coefficient (Wildman–Crippen LogP) is 7.59. The first-order valence-electron chi connectivity index (χ1n) is 9.69. The highest BCUT2D eigenvalue weighted by Crippen LogP contribution is 2.19. The monoisotopic (exact) mass is 323 g/mol. The number of hydrogen-bond acceptors (Lipinski definition) is 1.